The number of fused-ring (bicyclic) bond motifs is 2. The number of carbonyl (C=O) groups excluding carboxylic acids is 1. The fraction of sp³-hybridized carbons (Fsp3) is 0.333. The summed E-state index contributed by atoms with van der Waals surface area (Å²) in [6.45, 7) is 8.73. The molecule has 1 atom stereocenters. The molecule has 182 valence electrons. The lowest BCUT2D eigenvalue weighted by Crippen LogP contribution is -3.14. The van der Waals surface area contributed by atoms with Crippen molar-refractivity contribution in [1.82, 2.24) is 4.90 Å². The van der Waals surface area contributed by atoms with Gasteiger partial charge < -0.3 is 23.7 Å². The van der Waals surface area contributed by atoms with Gasteiger partial charge in [-0.15, -0.1) is 0 Å². The van der Waals surface area contributed by atoms with Gasteiger partial charge in [0.25, 0.3) is 5.91 Å². The third-order valence-electron chi connectivity index (χ3n) is 6.60. The Kier molecular flexibility index (Phi) is 6.66. The van der Waals surface area contributed by atoms with E-state index >= 15 is 0 Å². The molecule has 8 heteroatoms. The standard InChI is InChI=1S/C27H27FN2O5/c1-2-13-34-20-6-3-5-18(16-20)24-23-25(31)21-17-19(28)7-8-22(21)35-26(23)27(32)30(24)10-4-9-29-11-14-33-15-12-29/h2-3,5-8,16-17,24H,1,4,9-15H2/p+1/t24-/m0/s1. The zero-order valence-electron chi connectivity index (χ0n) is 19.4. The quantitative estimate of drug-likeness (QED) is 0.502. The van der Waals surface area contributed by atoms with E-state index in [0.717, 1.165) is 50.9 Å². The highest BCUT2D eigenvalue weighted by atomic mass is 19.1. The van der Waals surface area contributed by atoms with Crippen LogP contribution in [0.15, 0.2) is 64.3 Å². The van der Waals surface area contributed by atoms with Crippen LogP contribution >= 0.6 is 0 Å². The van der Waals surface area contributed by atoms with Gasteiger partial charge in [-0.1, -0.05) is 24.8 Å². The molecule has 1 N–H and O–H groups in total. The zero-order chi connectivity index (χ0) is 24.4. The molecular weight excluding hydrogens is 451 g/mol. The molecule has 7 nitrogen and oxygen atoms in total. The third-order valence-corrected chi connectivity index (χ3v) is 6.60. The second-order valence-electron chi connectivity index (χ2n) is 8.85. The molecule has 35 heavy (non-hydrogen) atoms. The summed E-state index contributed by atoms with van der Waals surface area (Å²) in [7, 11) is 0. The Morgan fingerprint density at radius 1 is 1.17 bits per heavy atom. The first-order valence-electron chi connectivity index (χ1n) is 11.9. The Morgan fingerprint density at radius 3 is 2.80 bits per heavy atom. The summed E-state index contributed by atoms with van der Waals surface area (Å²) in [5.74, 6) is -0.231. The number of amides is 1. The predicted octanol–water partition coefficient (Wildman–Crippen LogP) is 2.35. The number of morpholine rings is 1. The SMILES string of the molecule is C=CCOc1cccc([C@H]2c3c(oc4ccc(F)cc4c3=O)C(=O)N2CCC[NH+]2CCOCC2)c1. The van der Waals surface area contributed by atoms with Gasteiger partial charge in [0.15, 0.2) is 5.43 Å². The molecule has 1 amide bonds. The molecule has 1 aromatic heterocycles. The Balaban J connectivity index is 1.54. The first kappa shape index (κ1) is 23.3. The minimum atomic E-state index is -0.645. The van der Waals surface area contributed by atoms with Gasteiger partial charge in [0.1, 0.15) is 36.8 Å². The lowest BCUT2D eigenvalue weighted by molar-refractivity contribution is -0.908. The minimum absolute atomic E-state index is 0.0234. The van der Waals surface area contributed by atoms with Crippen molar-refractivity contribution in [2.75, 3.05) is 46.0 Å². The van der Waals surface area contributed by atoms with Gasteiger partial charge in [0.05, 0.1) is 36.8 Å². The van der Waals surface area contributed by atoms with Crippen molar-refractivity contribution in [3.8, 4) is 5.75 Å². The number of nitrogens with zero attached hydrogens (tertiary/aromatic N) is 1. The molecule has 3 aromatic rings. The molecule has 0 saturated carbocycles. The summed E-state index contributed by atoms with van der Waals surface area (Å²) in [5.41, 5.74) is 0.788. The van der Waals surface area contributed by atoms with E-state index in [1.165, 1.54) is 17.0 Å². The van der Waals surface area contributed by atoms with Crippen LogP contribution in [0.4, 0.5) is 4.39 Å². The summed E-state index contributed by atoms with van der Waals surface area (Å²) in [6.07, 6.45) is 2.41. The van der Waals surface area contributed by atoms with Gasteiger partial charge in [-0.25, -0.2) is 4.39 Å². The van der Waals surface area contributed by atoms with Crippen molar-refractivity contribution in [2.24, 2.45) is 0 Å². The van der Waals surface area contributed by atoms with Crippen molar-refractivity contribution < 1.29 is 28.0 Å². The molecule has 2 aliphatic heterocycles. The van der Waals surface area contributed by atoms with Gasteiger partial charge in [0.2, 0.25) is 5.76 Å². The first-order valence-corrected chi connectivity index (χ1v) is 11.9. The second-order valence-corrected chi connectivity index (χ2v) is 8.85. The summed E-state index contributed by atoms with van der Waals surface area (Å²) in [6, 6.07) is 10.5. The number of carbonyl (C=O) groups is 1. The average Bonchev–Trinajstić information content (AvgIpc) is 3.16. The highest BCUT2D eigenvalue weighted by Crippen LogP contribution is 2.39. The minimum Gasteiger partial charge on any atom is -0.490 e. The van der Waals surface area contributed by atoms with Crippen LogP contribution in [-0.4, -0.2) is 56.8 Å². The molecule has 0 spiro atoms. The van der Waals surface area contributed by atoms with E-state index in [1.54, 1.807) is 11.0 Å². The Hall–Kier alpha value is -3.49. The monoisotopic (exact) mass is 479 g/mol. The normalized spacial score (nSPS) is 18.1. The van der Waals surface area contributed by atoms with Crippen molar-refractivity contribution in [3.63, 3.8) is 0 Å². The van der Waals surface area contributed by atoms with Crippen molar-refractivity contribution in [1.29, 1.82) is 0 Å². The molecule has 0 unspecified atom stereocenters. The van der Waals surface area contributed by atoms with E-state index in [-0.39, 0.29) is 28.2 Å². The van der Waals surface area contributed by atoms with E-state index in [2.05, 4.69) is 6.58 Å². The number of ether oxygens (including phenoxy) is 2. The Morgan fingerprint density at radius 2 is 2.00 bits per heavy atom. The van der Waals surface area contributed by atoms with Gasteiger partial charge >= 0.3 is 0 Å². The van der Waals surface area contributed by atoms with Crippen molar-refractivity contribution >= 4 is 16.9 Å². The molecule has 3 heterocycles. The van der Waals surface area contributed by atoms with Crippen LogP contribution in [0.25, 0.3) is 11.0 Å². The smallest absolute Gasteiger partial charge is 0.290 e. The number of halogens is 1. The number of hydrogen-bond acceptors (Lipinski definition) is 5. The summed E-state index contributed by atoms with van der Waals surface area (Å²) >= 11 is 0. The number of rotatable bonds is 8. The van der Waals surface area contributed by atoms with Crippen molar-refractivity contribution in [2.45, 2.75) is 12.5 Å². The average molecular weight is 480 g/mol. The van der Waals surface area contributed by atoms with Crippen LogP contribution in [0, 0.1) is 5.82 Å². The van der Waals surface area contributed by atoms with E-state index in [9.17, 15) is 14.0 Å². The first-order chi connectivity index (χ1) is 17.1. The van der Waals surface area contributed by atoms with E-state index in [4.69, 9.17) is 13.9 Å². The van der Waals surface area contributed by atoms with E-state index in [1.807, 2.05) is 24.3 Å². The topological polar surface area (TPSA) is 73.4 Å². The molecule has 1 saturated heterocycles. The molecule has 0 bridgehead atoms. The number of nitrogens with one attached hydrogen (secondary N) is 1. The van der Waals surface area contributed by atoms with Gasteiger partial charge in [0, 0.05) is 13.0 Å². The lowest BCUT2D eigenvalue weighted by atomic mass is 9.98. The summed E-state index contributed by atoms with van der Waals surface area (Å²) < 4.78 is 31.0. The molecule has 2 aromatic carbocycles. The number of hydrogen-bond donors (Lipinski definition) is 1. The van der Waals surface area contributed by atoms with E-state index in [0.29, 0.717) is 18.9 Å². The fourth-order valence-electron chi connectivity index (χ4n) is 4.91. The second kappa shape index (κ2) is 10.0. The number of benzene rings is 2. The maximum absolute atomic E-state index is 14.0. The predicted molar refractivity (Wildman–Crippen MR) is 128 cm³/mol. The Bertz CT molecular complexity index is 1310. The molecule has 0 aliphatic carbocycles. The molecule has 2 aliphatic rings. The maximum atomic E-state index is 14.0. The van der Waals surface area contributed by atoms with Crippen LogP contribution in [0.2, 0.25) is 0 Å². The van der Waals surface area contributed by atoms with Crippen LogP contribution < -0.4 is 15.1 Å². The summed E-state index contributed by atoms with van der Waals surface area (Å²) in [5, 5.41) is 0.125. The van der Waals surface area contributed by atoms with Crippen LogP contribution in [0.1, 0.15) is 34.1 Å². The zero-order valence-corrected chi connectivity index (χ0v) is 19.4. The van der Waals surface area contributed by atoms with Gasteiger partial charge in [-0.2, -0.15) is 0 Å². The molecular formula is C27H28FN2O5+. The van der Waals surface area contributed by atoms with Crippen LogP contribution in [0.3, 0.4) is 0 Å². The van der Waals surface area contributed by atoms with E-state index < -0.39 is 17.3 Å². The van der Waals surface area contributed by atoms with Crippen molar-refractivity contribution in [3.05, 3.63) is 88.0 Å². The van der Waals surface area contributed by atoms with Gasteiger partial charge in [-0.05, 0) is 35.9 Å². The van der Waals surface area contributed by atoms with Crippen LogP contribution in [-0.2, 0) is 4.74 Å². The fourth-order valence-corrected chi connectivity index (χ4v) is 4.91. The van der Waals surface area contributed by atoms with Gasteiger partial charge in [-0.3, -0.25) is 9.59 Å². The third kappa shape index (κ3) is 4.59. The maximum Gasteiger partial charge on any atom is 0.290 e. The molecule has 5 rings (SSSR count). The molecule has 0 radical (unpaired) electrons. The molecule has 1 fully saturated rings. The number of quaternary nitrogens is 1. The summed E-state index contributed by atoms with van der Waals surface area (Å²) in [4.78, 5) is 30.2. The highest BCUT2D eigenvalue weighted by molar-refractivity contribution is 5.99. The lowest BCUT2D eigenvalue weighted by Gasteiger charge is -2.27. The highest BCUT2D eigenvalue weighted by Gasteiger charge is 2.42. The largest absolute Gasteiger partial charge is 0.490 e. The Labute approximate surface area is 202 Å². The van der Waals surface area contributed by atoms with Crippen LogP contribution in [0.5, 0.6) is 5.75 Å².